The number of aliphatic hydroxyl groups is 1. The number of anilines is 3. The lowest BCUT2D eigenvalue weighted by molar-refractivity contribution is -0.149. The molecule has 0 saturated carbocycles. The number of piperidine rings is 1. The molecule has 2 heterocycles. The molecule has 0 spiro atoms. The second-order valence-electron chi connectivity index (χ2n) is 10.7. The van der Waals surface area contributed by atoms with E-state index in [0.29, 0.717) is 37.0 Å². The summed E-state index contributed by atoms with van der Waals surface area (Å²) in [5.41, 5.74) is 1.96. The number of aromatic nitrogens is 1. The van der Waals surface area contributed by atoms with Crippen molar-refractivity contribution in [1.82, 2.24) is 4.98 Å². The van der Waals surface area contributed by atoms with Crippen LogP contribution in [0.3, 0.4) is 0 Å². The molecule has 0 amide bonds. The van der Waals surface area contributed by atoms with Crippen LogP contribution in [0.2, 0.25) is 5.02 Å². The fourth-order valence-electron chi connectivity index (χ4n) is 5.07. The van der Waals surface area contributed by atoms with Crippen LogP contribution >= 0.6 is 11.6 Å². The molecule has 2 N–H and O–H groups in total. The molecule has 5 rings (SSSR count). The molecule has 0 bridgehead atoms. The van der Waals surface area contributed by atoms with E-state index in [1.165, 1.54) is 6.07 Å². The van der Waals surface area contributed by atoms with E-state index in [1.54, 1.807) is 30.0 Å². The van der Waals surface area contributed by atoms with Crippen LogP contribution in [0, 0.1) is 5.82 Å². The lowest BCUT2D eigenvalue weighted by Gasteiger charge is -2.39. The highest BCUT2D eigenvalue weighted by molar-refractivity contribution is 6.33. The summed E-state index contributed by atoms with van der Waals surface area (Å²) in [6.45, 7) is 3.27. The topological polar surface area (TPSA) is 93.2 Å². The molecular formula is C34H35ClFN3O5. The summed E-state index contributed by atoms with van der Waals surface area (Å²) in [5.74, 6) is -0.286. The van der Waals surface area contributed by atoms with E-state index in [-0.39, 0.29) is 49.1 Å². The molecule has 230 valence electrons. The lowest BCUT2D eigenvalue weighted by Crippen LogP contribution is -2.46. The molecule has 8 nitrogen and oxygen atoms in total. The zero-order chi connectivity index (χ0) is 30.9. The molecule has 3 aromatic carbocycles. The van der Waals surface area contributed by atoms with Crippen molar-refractivity contribution in [3.63, 3.8) is 0 Å². The SMILES string of the molecule is CCOC(=O)CC1(O)CCN(c2c(F)cc(Nc3ccc(OCc4ccccc4)nc3OCc3ccccc3)cc2Cl)CC1. The van der Waals surface area contributed by atoms with Gasteiger partial charge in [-0.1, -0.05) is 72.3 Å². The number of esters is 1. The Morgan fingerprint density at radius 2 is 1.61 bits per heavy atom. The highest BCUT2D eigenvalue weighted by Gasteiger charge is 2.36. The first-order valence-electron chi connectivity index (χ1n) is 14.6. The third kappa shape index (κ3) is 8.18. The summed E-state index contributed by atoms with van der Waals surface area (Å²) in [7, 11) is 0. The monoisotopic (exact) mass is 619 g/mol. The molecule has 4 aromatic rings. The van der Waals surface area contributed by atoms with E-state index in [4.69, 9.17) is 25.8 Å². The number of nitrogens with zero attached hydrogens (tertiary/aromatic N) is 2. The van der Waals surface area contributed by atoms with Gasteiger partial charge in [-0.2, -0.15) is 4.98 Å². The van der Waals surface area contributed by atoms with Crippen LogP contribution in [0.15, 0.2) is 84.9 Å². The standard InChI is InChI=1S/C34H35ClFN3O5/c1-2-42-31(40)21-34(41)15-17-39(18-16-34)32-27(35)19-26(20-28(32)36)37-29-13-14-30(43-22-24-9-5-3-6-10-24)38-33(29)44-23-25-11-7-4-8-12-25/h3-14,19-20,37,41H,2,15-18,21-23H2,1H3. The maximum atomic E-state index is 15.5. The molecule has 1 saturated heterocycles. The summed E-state index contributed by atoms with van der Waals surface area (Å²) >= 11 is 6.61. The minimum Gasteiger partial charge on any atom is -0.473 e. The van der Waals surface area contributed by atoms with Gasteiger partial charge in [-0.3, -0.25) is 4.79 Å². The summed E-state index contributed by atoms with van der Waals surface area (Å²) in [6, 6.07) is 26.0. The van der Waals surface area contributed by atoms with Crippen molar-refractivity contribution in [2.45, 2.75) is 45.0 Å². The Morgan fingerprint density at radius 1 is 0.977 bits per heavy atom. The minimum atomic E-state index is -1.19. The number of carbonyl (C=O) groups excluding carboxylic acids is 1. The normalized spacial score (nSPS) is 14.1. The molecule has 0 unspecified atom stereocenters. The zero-order valence-corrected chi connectivity index (χ0v) is 25.2. The summed E-state index contributed by atoms with van der Waals surface area (Å²) in [5, 5.41) is 14.2. The van der Waals surface area contributed by atoms with Gasteiger partial charge >= 0.3 is 5.97 Å². The van der Waals surface area contributed by atoms with Gasteiger partial charge in [0, 0.05) is 24.8 Å². The van der Waals surface area contributed by atoms with Gasteiger partial charge in [0.25, 0.3) is 0 Å². The molecule has 1 aromatic heterocycles. The van der Waals surface area contributed by atoms with Gasteiger partial charge in [0.2, 0.25) is 11.8 Å². The zero-order valence-electron chi connectivity index (χ0n) is 24.5. The Bertz CT molecular complexity index is 1530. The van der Waals surface area contributed by atoms with Crippen LogP contribution in [0.1, 0.15) is 37.3 Å². The molecular weight excluding hydrogens is 585 g/mol. The molecule has 0 aliphatic carbocycles. The first-order valence-corrected chi connectivity index (χ1v) is 14.9. The van der Waals surface area contributed by atoms with Crippen molar-refractivity contribution >= 4 is 34.6 Å². The van der Waals surface area contributed by atoms with Crippen molar-refractivity contribution in [2.75, 3.05) is 29.9 Å². The van der Waals surface area contributed by atoms with Crippen molar-refractivity contribution in [3.8, 4) is 11.8 Å². The number of ether oxygens (including phenoxy) is 3. The fourth-order valence-corrected chi connectivity index (χ4v) is 5.39. The fraction of sp³-hybridized carbons (Fsp3) is 0.294. The maximum Gasteiger partial charge on any atom is 0.308 e. The lowest BCUT2D eigenvalue weighted by atomic mass is 9.88. The predicted octanol–water partition coefficient (Wildman–Crippen LogP) is 7.06. The van der Waals surface area contributed by atoms with E-state index in [1.807, 2.05) is 60.7 Å². The number of pyridine rings is 1. The van der Waals surface area contributed by atoms with Crippen LogP contribution < -0.4 is 19.7 Å². The number of benzene rings is 3. The second kappa shape index (κ2) is 14.4. The number of hydrogen-bond acceptors (Lipinski definition) is 8. The Kier molecular flexibility index (Phi) is 10.2. The van der Waals surface area contributed by atoms with Crippen molar-refractivity contribution < 1.29 is 28.5 Å². The molecule has 0 radical (unpaired) electrons. The molecule has 1 aliphatic rings. The number of hydrogen-bond donors (Lipinski definition) is 2. The van der Waals surface area contributed by atoms with Crippen molar-refractivity contribution in [1.29, 1.82) is 0 Å². The van der Waals surface area contributed by atoms with Crippen LogP contribution in [-0.4, -0.2) is 41.4 Å². The van der Waals surface area contributed by atoms with Gasteiger partial charge in [0.05, 0.1) is 29.3 Å². The Hall–Kier alpha value is -4.34. The molecule has 1 aliphatic heterocycles. The van der Waals surface area contributed by atoms with Crippen LogP contribution in [0.5, 0.6) is 11.8 Å². The largest absolute Gasteiger partial charge is 0.473 e. The van der Waals surface area contributed by atoms with E-state index >= 15 is 4.39 Å². The smallest absolute Gasteiger partial charge is 0.308 e. The van der Waals surface area contributed by atoms with Gasteiger partial charge in [-0.05, 0) is 49.1 Å². The van der Waals surface area contributed by atoms with Crippen LogP contribution in [-0.2, 0) is 22.7 Å². The average Bonchev–Trinajstić information content (AvgIpc) is 3.01. The first-order chi connectivity index (χ1) is 21.3. The Morgan fingerprint density at radius 3 is 2.23 bits per heavy atom. The summed E-state index contributed by atoms with van der Waals surface area (Å²) in [6.07, 6.45) is 0.481. The van der Waals surface area contributed by atoms with E-state index in [0.717, 1.165) is 11.1 Å². The van der Waals surface area contributed by atoms with Crippen LogP contribution in [0.4, 0.5) is 21.5 Å². The second-order valence-corrected chi connectivity index (χ2v) is 11.1. The first kappa shape index (κ1) is 31.1. The minimum absolute atomic E-state index is 0.0907. The molecule has 0 atom stereocenters. The summed E-state index contributed by atoms with van der Waals surface area (Å²) in [4.78, 5) is 18.3. The number of halogens is 2. The third-order valence-electron chi connectivity index (χ3n) is 7.37. The summed E-state index contributed by atoms with van der Waals surface area (Å²) < 4.78 is 32.5. The van der Waals surface area contributed by atoms with Gasteiger partial charge in [-0.25, -0.2) is 4.39 Å². The highest BCUT2D eigenvalue weighted by atomic mass is 35.5. The average molecular weight is 620 g/mol. The Labute approximate surface area is 261 Å². The number of nitrogens with one attached hydrogen (secondary N) is 1. The predicted molar refractivity (Wildman–Crippen MR) is 168 cm³/mol. The molecule has 1 fully saturated rings. The molecule has 10 heteroatoms. The van der Waals surface area contributed by atoms with Crippen LogP contribution in [0.25, 0.3) is 0 Å². The van der Waals surface area contributed by atoms with Crippen molar-refractivity contribution in [3.05, 3.63) is 107 Å². The van der Waals surface area contributed by atoms with E-state index in [2.05, 4.69) is 10.3 Å². The highest BCUT2D eigenvalue weighted by Crippen LogP contribution is 2.38. The quantitative estimate of drug-likeness (QED) is 0.163. The van der Waals surface area contributed by atoms with E-state index < -0.39 is 17.4 Å². The van der Waals surface area contributed by atoms with Gasteiger partial charge < -0.3 is 29.5 Å². The van der Waals surface area contributed by atoms with Gasteiger partial charge in [0.1, 0.15) is 24.7 Å². The van der Waals surface area contributed by atoms with E-state index in [9.17, 15) is 9.90 Å². The van der Waals surface area contributed by atoms with Gasteiger partial charge in [0.15, 0.2) is 0 Å². The maximum absolute atomic E-state index is 15.5. The van der Waals surface area contributed by atoms with Gasteiger partial charge in [-0.15, -0.1) is 0 Å². The third-order valence-corrected chi connectivity index (χ3v) is 7.66. The molecule has 44 heavy (non-hydrogen) atoms. The number of carbonyl (C=O) groups is 1. The number of rotatable bonds is 12. The van der Waals surface area contributed by atoms with Crippen molar-refractivity contribution in [2.24, 2.45) is 0 Å². The Balaban J connectivity index is 1.31.